The molecule has 0 unspecified atom stereocenters. The quantitative estimate of drug-likeness (QED) is 0.547. The van der Waals surface area contributed by atoms with Gasteiger partial charge in [0.1, 0.15) is 12.1 Å². The van der Waals surface area contributed by atoms with Crippen LogP contribution in [0.3, 0.4) is 0 Å². The highest BCUT2D eigenvalue weighted by Gasteiger charge is 2.54. The van der Waals surface area contributed by atoms with Gasteiger partial charge in [0, 0.05) is 9.49 Å². The van der Waals surface area contributed by atoms with Gasteiger partial charge in [-0.1, -0.05) is 0 Å². The Morgan fingerprint density at radius 1 is 1.23 bits per heavy atom. The van der Waals surface area contributed by atoms with E-state index in [1.54, 1.807) is 18.7 Å². The number of carboxylic acids is 1. The Kier molecular flexibility index (Phi) is 5.51. The fourth-order valence-corrected chi connectivity index (χ4v) is 4.96. The molecule has 2 atom stereocenters. The molecule has 0 aliphatic carbocycles. The molecule has 22 heavy (non-hydrogen) atoms. The lowest BCUT2D eigenvalue weighted by Crippen LogP contribution is -2.68. The van der Waals surface area contributed by atoms with Gasteiger partial charge in [-0.3, -0.25) is 14.4 Å². The Hall–Kier alpha value is -1.28. The Labute approximate surface area is 134 Å². The van der Waals surface area contributed by atoms with Crippen LogP contribution >= 0.6 is 11.8 Å². The minimum Gasteiger partial charge on any atom is -0.480 e. The van der Waals surface area contributed by atoms with Crippen LogP contribution in [-0.2, 0) is 14.4 Å². The molecule has 126 valence electrons. The standard InChI is InChI=1S/C14H25N3O4S/c1-7(16-9(18)6-8(15)11(20)21)10(19)17-12-13(2,3)22-14(12,4)5/h7-8,12H,6,15H2,1-5H3,(H,16,18)(H,17,19)(H,20,21)/t7-,8+/m0/s1. The van der Waals surface area contributed by atoms with Crippen LogP contribution in [0, 0.1) is 0 Å². The highest BCUT2D eigenvalue weighted by Crippen LogP contribution is 2.54. The maximum atomic E-state index is 12.2. The molecule has 0 spiro atoms. The van der Waals surface area contributed by atoms with Crippen LogP contribution in [0.5, 0.6) is 0 Å². The van der Waals surface area contributed by atoms with E-state index >= 15 is 0 Å². The number of thioether (sulfide) groups is 1. The number of carboxylic acid groups (broad SMARTS) is 1. The van der Waals surface area contributed by atoms with Crippen molar-refractivity contribution in [2.24, 2.45) is 5.73 Å². The Balaban J connectivity index is 2.52. The summed E-state index contributed by atoms with van der Waals surface area (Å²) in [6.07, 6.45) is -0.358. The van der Waals surface area contributed by atoms with E-state index in [4.69, 9.17) is 10.8 Å². The van der Waals surface area contributed by atoms with Gasteiger partial charge in [-0.2, -0.15) is 0 Å². The van der Waals surface area contributed by atoms with Gasteiger partial charge in [-0.25, -0.2) is 0 Å². The highest BCUT2D eigenvalue weighted by molar-refractivity contribution is 8.03. The number of nitrogens with two attached hydrogens (primary N) is 1. The summed E-state index contributed by atoms with van der Waals surface area (Å²) in [7, 11) is 0. The number of rotatable bonds is 6. The van der Waals surface area contributed by atoms with Crippen LogP contribution in [0.4, 0.5) is 0 Å². The molecule has 0 aromatic carbocycles. The third-order valence-electron chi connectivity index (χ3n) is 3.70. The van der Waals surface area contributed by atoms with Crippen molar-refractivity contribution < 1.29 is 19.5 Å². The molecule has 1 heterocycles. The van der Waals surface area contributed by atoms with Crippen molar-refractivity contribution in [1.82, 2.24) is 10.6 Å². The van der Waals surface area contributed by atoms with Crippen LogP contribution in [0.1, 0.15) is 41.0 Å². The van der Waals surface area contributed by atoms with E-state index in [0.717, 1.165) is 0 Å². The molecule has 8 heteroatoms. The Morgan fingerprint density at radius 3 is 2.14 bits per heavy atom. The van der Waals surface area contributed by atoms with Gasteiger partial charge in [0.15, 0.2) is 0 Å². The zero-order valence-corrected chi connectivity index (χ0v) is 14.4. The van der Waals surface area contributed by atoms with Crippen LogP contribution in [0.25, 0.3) is 0 Å². The average molecular weight is 331 g/mol. The van der Waals surface area contributed by atoms with E-state index in [-0.39, 0.29) is 27.9 Å². The maximum Gasteiger partial charge on any atom is 0.321 e. The maximum absolute atomic E-state index is 12.2. The second kappa shape index (κ2) is 6.45. The van der Waals surface area contributed by atoms with Crippen molar-refractivity contribution in [3.05, 3.63) is 0 Å². The molecule has 7 nitrogen and oxygen atoms in total. The van der Waals surface area contributed by atoms with E-state index in [0.29, 0.717) is 0 Å². The summed E-state index contributed by atoms with van der Waals surface area (Å²) < 4.78 is -0.122. The molecule has 5 N–H and O–H groups in total. The van der Waals surface area contributed by atoms with Gasteiger partial charge in [-0.15, -0.1) is 11.8 Å². The Bertz CT molecular complexity index is 465. The van der Waals surface area contributed by atoms with Crippen molar-refractivity contribution in [2.75, 3.05) is 0 Å². The zero-order valence-electron chi connectivity index (χ0n) is 13.6. The van der Waals surface area contributed by atoms with Crippen molar-refractivity contribution in [3.8, 4) is 0 Å². The molecule has 1 saturated heterocycles. The molecule has 1 aliphatic heterocycles. The number of aliphatic carboxylic acids is 1. The minimum absolute atomic E-state index is 0.00173. The first-order chi connectivity index (χ1) is 9.86. The summed E-state index contributed by atoms with van der Waals surface area (Å²) in [6, 6.07) is -2.01. The molecule has 0 aromatic heterocycles. The molecule has 2 amide bonds. The average Bonchev–Trinajstić information content (AvgIpc) is 2.33. The lowest BCUT2D eigenvalue weighted by Gasteiger charge is -2.57. The van der Waals surface area contributed by atoms with E-state index in [1.165, 1.54) is 0 Å². The summed E-state index contributed by atoms with van der Waals surface area (Å²) >= 11 is 1.79. The van der Waals surface area contributed by atoms with Crippen molar-refractivity contribution in [3.63, 3.8) is 0 Å². The largest absolute Gasteiger partial charge is 0.480 e. The number of carbonyl (C=O) groups excluding carboxylic acids is 2. The molecule has 1 fully saturated rings. The molecule has 1 rings (SSSR count). The third-order valence-corrected chi connectivity index (χ3v) is 5.22. The van der Waals surface area contributed by atoms with Gasteiger partial charge >= 0.3 is 5.97 Å². The summed E-state index contributed by atoms with van der Waals surface area (Å²) in [5.74, 6) is -2.09. The second-order valence-electron chi connectivity index (χ2n) is 6.69. The molecule has 0 saturated carbocycles. The van der Waals surface area contributed by atoms with Gasteiger partial charge in [-0.05, 0) is 34.6 Å². The highest BCUT2D eigenvalue weighted by atomic mass is 32.2. The van der Waals surface area contributed by atoms with Crippen molar-refractivity contribution in [1.29, 1.82) is 0 Å². The van der Waals surface area contributed by atoms with Crippen LogP contribution in [0.15, 0.2) is 0 Å². The first-order valence-corrected chi connectivity index (χ1v) is 7.97. The van der Waals surface area contributed by atoms with E-state index in [1.807, 2.05) is 0 Å². The topological polar surface area (TPSA) is 122 Å². The zero-order chi connectivity index (χ0) is 17.3. The number of amides is 2. The first-order valence-electron chi connectivity index (χ1n) is 7.15. The predicted octanol–water partition coefficient (Wildman–Crippen LogP) is 0.0819. The second-order valence-corrected chi connectivity index (χ2v) is 9.00. The molecular weight excluding hydrogens is 306 g/mol. The van der Waals surface area contributed by atoms with Gasteiger partial charge in [0.2, 0.25) is 11.8 Å². The summed E-state index contributed by atoms with van der Waals surface area (Å²) in [5.41, 5.74) is 5.29. The number of nitrogens with one attached hydrogen (secondary N) is 2. The minimum atomic E-state index is -1.27. The number of hydrogen-bond acceptors (Lipinski definition) is 5. The molecule has 0 bridgehead atoms. The van der Waals surface area contributed by atoms with E-state index in [2.05, 4.69) is 38.3 Å². The third kappa shape index (κ3) is 4.36. The summed E-state index contributed by atoms with van der Waals surface area (Å²) in [6.45, 7) is 9.79. The van der Waals surface area contributed by atoms with Crippen LogP contribution in [0.2, 0.25) is 0 Å². The summed E-state index contributed by atoms with van der Waals surface area (Å²) in [5, 5.41) is 14.1. The fraction of sp³-hybridized carbons (Fsp3) is 0.786. The van der Waals surface area contributed by atoms with Crippen molar-refractivity contribution >= 4 is 29.5 Å². The SMILES string of the molecule is C[C@H](NC(=O)C[C@@H](N)C(=O)O)C(=O)NC1C(C)(C)SC1(C)C. The van der Waals surface area contributed by atoms with E-state index in [9.17, 15) is 14.4 Å². The molecule has 1 aliphatic rings. The van der Waals surface area contributed by atoms with Gasteiger partial charge in [0.25, 0.3) is 0 Å². The lowest BCUT2D eigenvalue weighted by atomic mass is 9.89. The molecular formula is C14H25N3O4S. The first kappa shape index (κ1) is 18.8. The van der Waals surface area contributed by atoms with Crippen molar-refractivity contribution in [2.45, 2.75) is 68.7 Å². The van der Waals surface area contributed by atoms with Crippen LogP contribution < -0.4 is 16.4 Å². The lowest BCUT2D eigenvalue weighted by molar-refractivity contribution is -0.140. The predicted molar refractivity (Wildman–Crippen MR) is 85.5 cm³/mol. The van der Waals surface area contributed by atoms with Crippen LogP contribution in [-0.4, -0.2) is 50.5 Å². The van der Waals surface area contributed by atoms with E-state index < -0.39 is 24.0 Å². The monoisotopic (exact) mass is 331 g/mol. The summed E-state index contributed by atoms with van der Waals surface area (Å²) in [4.78, 5) is 34.5. The molecule has 0 aromatic rings. The molecule has 0 radical (unpaired) electrons. The smallest absolute Gasteiger partial charge is 0.321 e. The number of carbonyl (C=O) groups is 3. The normalized spacial score (nSPS) is 22.1. The number of hydrogen-bond donors (Lipinski definition) is 4. The fourth-order valence-electron chi connectivity index (χ4n) is 2.84. The van der Waals surface area contributed by atoms with Gasteiger partial charge < -0.3 is 21.5 Å². The van der Waals surface area contributed by atoms with Gasteiger partial charge in [0.05, 0.1) is 12.5 Å². The Morgan fingerprint density at radius 2 is 1.73 bits per heavy atom.